The van der Waals surface area contributed by atoms with Gasteiger partial charge in [0.15, 0.2) is 10.8 Å². The quantitative estimate of drug-likeness (QED) is 0.155. The van der Waals surface area contributed by atoms with Gasteiger partial charge in [-0.25, -0.2) is 9.78 Å². The molecule has 180 valence electrons. The van der Waals surface area contributed by atoms with Crippen molar-refractivity contribution in [1.82, 2.24) is 30.6 Å². The Morgan fingerprint density at radius 3 is 2.91 bits per heavy atom. The third kappa shape index (κ3) is 4.88. The number of nitrogens with zero attached hydrogens (tertiary/aromatic N) is 5. The molecule has 2 aliphatic rings. The number of hydrogen-bond donors (Lipinski definition) is 4. The van der Waals surface area contributed by atoms with Crippen LogP contribution in [0, 0.1) is 0 Å². The third-order valence-corrected chi connectivity index (χ3v) is 7.68. The summed E-state index contributed by atoms with van der Waals surface area (Å²) in [7, 11) is 0. The van der Waals surface area contributed by atoms with Gasteiger partial charge in [-0.05, 0) is 19.4 Å². The van der Waals surface area contributed by atoms with E-state index in [0.29, 0.717) is 22.1 Å². The number of oxime groups is 1. The standard InChI is InChI=1S/C18H20N8O5S3/c1-7(2)31-24-11(9-6-34-18(19)21-9)14(27)22-12-15(28)26-13(17(29)30)8(5-33-16(12)26)4-32-10-3-20-25-23-10/h3,6-7,12,16H,4-5H2,1-2H3,(H2,19,21)(H,22,27)(H,29,30)(H,20,23,25)/t12?,16-/m0/s1. The molecule has 2 aliphatic heterocycles. The number of aliphatic carboxylic acids is 1. The van der Waals surface area contributed by atoms with E-state index in [1.165, 1.54) is 34.6 Å². The van der Waals surface area contributed by atoms with Crippen LogP contribution < -0.4 is 11.1 Å². The van der Waals surface area contributed by atoms with Crippen LogP contribution in [-0.2, 0) is 19.2 Å². The number of β-lactam (4-membered cyclic amide) rings is 1. The summed E-state index contributed by atoms with van der Waals surface area (Å²) in [6.45, 7) is 3.50. The fourth-order valence-corrected chi connectivity index (χ4v) is 6.00. The van der Waals surface area contributed by atoms with Crippen molar-refractivity contribution in [2.45, 2.75) is 36.4 Å². The molecular formula is C18H20N8O5S3. The number of hydrogen-bond acceptors (Lipinski definition) is 12. The molecule has 2 amide bonds. The van der Waals surface area contributed by atoms with Crippen LogP contribution in [0.2, 0.25) is 0 Å². The van der Waals surface area contributed by atoms with Gasteiger partial charge in [0.1, 0.15) is 33.9 Å². The topological polar surface area (TPSA) is 189 Å². The molecule has 1 saturated heterocycles. The second kappa shape index (κ2) is 10.0. The van der Waals surface area contributed by atoms with Crippen molar-refractivity contribution < 1.29 is 24.3 Å². The van der Waals surface area contributed by atoms with Gasteiger partial charge in [-0.1, -0.05) is 10.4 Å². The van der Waals surface area contributed by atoms with Crippen LogP contribution in [0.5, 0.6) is 0 Å². The highest BCUT2D eigenvalue weighted by molar-refractivity contribution is 8.01. The summed E-state index contributed by atoms with van der Waals surface area (Å²) in [5.74, 6) is -1.65. The van der Waals surface area contributed by atoms with Crippen LogP contribution in [0.15, 0.2) is 33.0 Å². The highest BCUT2D eigenvalue weighted by Crippen LogP contribution is 2.41. The molecule has 1 unspecified atom stereocenters. The Labute approximate surface area is 205 Å². The lowest BCUT2D eigenvalue weighted by molar-refractivity contribution is -0.150. The lowest BCUT2D eigenvalue weighted by atomic mass is 10.0. The van der Waals surface area contributed by atoms with Gasteiger partial charge in [-0.15, -0.1) is 40.0 Å². The number of carboxylic acid groups (broad SMARTS) is 1. The number of amides is 2. The summed E-state index contributed by atoms with van der Waals surface area (Å²) >= 11 is 3.85. The number of fused-ring (bicyclic) bond motifs is 1. The zero-order chi connectivity index (χ0) is 24.4. The molecule has 0 aromatic carbocycles. The van der Waals surface area contributed by atoms with E-state index >= 15 is 0 Å². The van der Waals surface area contributed by atoms with E-state index in [0.717, 1.165) is 11.3 Å². The van der Waals surface area contributed by atoms with Crippen molar-refractivity contribution in [3.63, 3.8) is 0 Å². The number of carboxylic acids is 1. The van der Waals surface area contributed by atoms with Crippen molar-refractivity contribution in [2.75, 3.05) is 17.2 Å². The molecular weight excluding hydrogens is 504 g/mol. The van der Waals surface area contributed by atoms with E-state index < -0.39 is 29.2 Å². The van der Waals surface area contributed by atoms with E-state index in [4.69, 9.17) is 10.6 Å². The molecule has 0 bridgehead atoms. The lowest BCUT2D eigenvalue weighted by Crippen LogP contribution is -2.71. The minimum atomic E-state index is -1.20. The smallest absolute Gasteiger partial charge is 0.352 e. The molecule has 1 fully saturated rings. The number of anilines is 1. The fourth-order valence-electron chi connectivity index (χ4n) is 3.19. The van der Waals surface area contributed by atoms with Crippen molar-refractivity contribution in [1.29, 1.82) is 0 Å². The molecule has 0 spiro atoms. The minimum Gasteiger partial charge on any atom is -0.477 e. The zero-order valence-electron chi connectivity index (χ0n) is 17.9. The third-order valence-electron chi connectivity index (χ3n) is 4.67. The van der Waals surface area contributed by atoms with Crippen LogP contribution in [0.1, 0.15) is 19.5 Å². The summed E-state index contributed by atoms with van der Waals surface area (Å²) in [4.78, 5) is 48.4. The molecule has 2 aromatic heterocycles. The Hall–Kier alpha value is -3.11. The fraction of sp³-hybridized carbons (Fsp3) is 0.389. The predicted octanol–water partition coefficient (Wildman–Crippen LogP) is 0.503. The molecule has 2 aromatic rings. The van der Waals surface area contributed by atoms with Crippen molar-refractivity contribution in [3.05, 3.63) is 28.5 Å². The number of aromatic nitrogens is 4. The van der Waals surface area contributed by atoms with Gasteiger partial charge in [0.05, 0.1) is 6.20 Å². The van der Waals surface area contributed by atoms with Crippen LogP contribution >= 0.6 is 34.9 Å². The maximum absolute atomic E-state index is 13.0. The first-order chi connectivity index (χ1) is 16.3. The summed E-state index contributed by atoms with van der Waals surface area (Å²) in [5, 5.41) is 28.3. The SMILES string of the molecule is CC(C)ON=C(C(=O)NC1C(=O)N2C(C(=O)O)=C(CSc3cnn[nH]3)CS[C@@H]12)c1csc(N)n1. The van der Waals surface area contributed by atoms with Gasteiger partial charge < -0.3 is 21.0 Å². The highest BCUT2D eigenvalue weighted by atomic mass is 32.2. The number of nitrogens with one attached hydrogen (secondary N) is 2. The van der Waals surface area contributed by atoms with Gasteiger partial charge in [0, 0.05) is 16.9 Å². The number of aromatic amines is 1. The van der Waals surface area contributed by atoms with E-state index in [1.54, 1.807) is 19.2 Å². The Morgan fingerprint density at radius 1 is 1.50 bits per heavy atom. The molecule has 0 radical (unpaired) electrons. The summed E-state index contributed by atoms with van der Waals surface area (Å²) in [6, 6.07) is -0.918. The lowest BCUT2D eigenvalue weighted by Gasteiger charge is -2.49. The van der Waals surface area contributed by atoms with E-state index in [9.17, 15) is 19.5 Å². The Morgan fingerprint density at radius 2 is 2.29 bits per heavy atom. The van der Waals surface area contributed by atoms with Gasteiger partial charge in [-0.2, -0.15) is 0 Å². The second-order valence-corrected chi connectivity index (χ2v) is 10.4. The van der Waals surface area contributed by atoms with Crippen LogP contribution in [0.3, 0.4) is 0 Å². The van der Waals surface area contributed by atoms with E-state index in [2.05, 4.69) is 30.9 Å². The van der Waals surface area contributed by atoms with Crippen LogP contribution in [0.4, 0.5) is 5.13 Å². The molecule has 4 heterocycles. The Bertz CT molecular complexity index is 1160. The number of nitrogens with two attached hydrogens (primary N) is 1. The molecule has 0 saturated carbocycles. The molecule has 13 nitrogen and oxygen atoms in total. The zero-order valence-corrected chi connectivity index (χ0v) is 20.4. The Kier molecular flexibility index (Phi) is 7.08. The summed E-state index contributed by atoms with van der Waals surface area (Å²) < 4.78 is 0. The monoisotopic (exact) mass is 524 g/mol. The van der Waals surface area contributed by atoms with Gasteiger partial charge in [-0.3, -0.25) is 19.6 Å². The number of carbonyl (C=O) groups excluding carboxylic acids is 2. The summed E-state index contributed by atoms with van der Waals surface area (Å²) in [6.07, 6.45) is 1.24. The first-order valence-corrected chi connectivity index (χ1v) is 12.8. The average Bonchev–Trinajstić information content (AvgIpc) is 3.47. The molecule has 0 aliphatic carbocycles. The molecule has 16 heteroatoms. The van der Waals surface area contributed by atoms with Crippen LogP contribution in [0.25, 0.3) is 0 Å². The van der Waals surface area contributed by atoms with Gasteiger partial charge in [0.25, 0.3) is 11.8 Å². The largest absolute Gasteiger partial charge is 0.477 e. The maximum Gasteiger partial charge on any atom is 0.352 e. The van der Waals surface area contributed by atoms with Crippen molar-refractivity contribution in [3.8, 4) is 0 Å². The number of thioether (sulfide) groups is 2. The van der Waals surface area contributed by atoms with Gasteiger partial charge >= 0.3 is 5.97 Å². The highest BCUT2D eigenvalue weighted by Gasteiger charge is 2.54. The average molecular weight is 525 g/mol. The van der Waals surface area contributed by atoms with Crippen LogP contribution in [-0.4, -0.2) is 82.9 Å². The number of thiazole rings is 1. The number of H-pyrrole nitrogens is 1. The minimum absolute atomic E-state index is 0.0662. The predicted molar refractivity (Wildman–Crippen MR) is 126 cm³/mol. The molecule has 5 N–H and O–H groups in total. The van der Waals surface area contributed by atoms with E-state index in [-0.39, 0.29) is 28.3 Å². The second-order valence-electron chi connectivity index (χ2n) is 7.39. The number of rotatable bonds is 9. The normalized spacial score (nSPS) is 20.3. The number of nitrogen functional groups attached to an aromatic ring is 1. The number of carbonyl (C=O) groups is 3. The molecule has 34 heavy (non-hydrogen) atoms. The van der Waals surface area contributed by atoms with Crippen molar-refractivity contribution in [2.24, 2.45) is 5.16 Å². The first kappa shape index (κ1) is 24.0. The van der Waals surface area contributed by atoms with Crippen molar-refractivity contribution >= 4 is 63.5 Å². The molecule has 4 rings (SSSR count). The Balaban J connectivity index is 1.50. The van der Waals surface area contributed by atoms with Gasteiger partial charge in [0.2, 0.25) is 0 Å². The first-order valence-electron chi connectivity index (χ1n) is 9.91. The van der Waals surface area contributed by atoms with E-state index in [1.807, 2.05) is 0 Å². The maximum atomic E-state index is 13.0. The summed E-state index contributed by atoms with van der Waals surface area (Å²) in [5.41, 5.74) is 6.31. The molecule has 2 atom stereocenters.